The quantitative estimate of drug-likeness (QED) is 0.727. The van der Waals surface area contributed by atoms with Crippen LogP contribution in [0.15, 0.2) is 34.9 Å². The molecular weight excluding hydrogens is 380 g/mol. The van der Waals surface area contributed by atoms with Crippen molar-refractivity contribution in [3.63, 3.8) is 0 Å². The van der Waals surface area contributed by atoms with Crippen LogP contribution in [0.25, 0.3) is 11.3 Å². The van der Waals surface area contributed by atoms with Crippen molar-refractivity contribution in [1.82, 2.24) is 19.7 Å². The first-order chi connectivity index (χ1) is 14.6. The third-order valence-corrected chi connectivity index (χ3v) is 6.26. The number of hydrogen-bond donors (Lipinski definition) is 0. The fourth-order valence-corrected chi connectivity index (χ4v) is 4.46. The lowest BCUT2D eigenvalue weighted by atomic mass is 10.0. The molecule has 2 fully saturated rings. The number of likely N-dealkylation sites (tertiary alicyclic amines) is 1. The van der Waals surface area contributed by atoms with Gasteiger partial charge in [0, 0.05) is 57.2 Å². The predicted molar refractivity (Wildman–Crippen MR) is 115 cm³/mol. The van der Waals surface area contributed by atoms with Gasteiger partial charge in [0.05, 0.1) is 13.3 Å². The van der Waals surface area contributed by atoms with Crippen molar-refractivity contribution in [1.29, 1.82) is 0 Å². The molecule has 2 saturated heterocycles. The van der Waals surface area contributed by atoms with Crippen molar-refractivity contribution < 1.29 is 13.9 Å². The second-order valence-corrected chi connectivity index (χ2v) is 8.32. The Morgan fingerprint density at radius 1 is 1.17 bits per heavy atom. The van der Waals surface area contributed by atoms with Gasteiger partial charge >= 0.3 is 0 Å². The van der Waals surface area contributed by atoms with Gasteiger partial charge < -0.3 is 19.0 Å². The highest BCUT2D eigenvalue weighted by Gasteiger charge is 2.28. The van der Waals surface area contributed by atoms with Gasteiger partial charge in [-0.05, 0) is 50.7 Å². The molecule has 30 heavy (non-hydrogen) atoms. The minimum absolute atomic E-state index is 0.194. The molecule has 0 radical (unpaired) electrons. The number of aryl methyl sites for hydroxylation is 1. The fourth-order valence-electron chi connectivity index (χ4n) is 4.46. The molecule has 7 nitrogen and oxygen atoms in total. The summed E-state index contributed by atoms with van der Waals surface area (Å²) in [5.74, 6) is 2.32. The number of ether oxygens (including phenoxy) is 1. The van der Waals surface area contributed by atoms with E-state index in [0.717, 1.165) is 44.0 Å². The van der Waals surface area contributed by atoms with E-state index in [0.29, 0.717) is 30.5 Å². The number of aromatic nitrogens is 1. The average molecular weight is 413 g/mol. The molecule has 0 aliphatic carbocycles. The summed E-state index contributed by atoms with van der Waals surface area (Å²) < 4.78 is 11.0. The molecule has 0 spiro atoms. The molecule has 2 aliphatic heterocycles. The van der Waals surface area contributed by atoms with Gasteiger partial charge in [0.1, 0.15) is 5.75 Å². The van der Waals surface area contributed by atoms with Crippen molar-refractivity contribution in [2.75, 3.05) is 53.4 Å². The highest BCUT2D eigenvalue weighted by molar-refractivity contribution is 5.76. The van der Waals surface area contributed by atoms with Crippen LogP contribution in [0.4, 0.5) is 0 Å². The Morgan fingerprint density at radius 3 is 2.63 bits per heavy atom. The molecule has 1 aromatic heterocycles. The lowest BCUT2D eigenvalue weighted by Crippen LogP contribution is -2.55. The minimum atomic E-state index is 0.194. The van der Waals surface area contributed by atoms with E-state index in [9.17, 15) is 4.79 Å². The number of hydrogen-bond acceptors (Lipinski definition) is 6. The summed E-state index contributed by atoms with van der Waals surface area (Å²) in [6.07, 6.45) is 5.24. The summed E-state index contributed by atoms with van der Waals surface area (Å²) >= 11 is 0. The van der Waals surface area contributed by atoms with Crippen molar-refractivity contribution in [2.24, 2.45) is 0 Å². The number of likely N-dealkylation sites (N-methyl/N-ethyl adjacent to an activating group) is 1. The van der Waals surface area contributed by atoms with Crippen molar-refractivity contribution >= 4 is 5.91 Å². The van der Waals surface area contributed by atoms with Crippen LogP contribution in [0.3, 0.4) is 0 Å². The van der Waals surface area contributed by atoms with E-state index in [1.54, 1.807) is 13.3 Å². The number of oxazole rings is 1. The fraction of sp³-hybridized carbons (Fsp3) is 0.565. The zero-order valence-corrected chi connectivity index (χ0v) is 18.0. The van der Waals surface area contributed by atoms with Gasteiger partial charge in [0.25, 0.3) is 0 Å². The minimum Gasteiger partial charge on any atom is -0.497 e. The molecular formula is C23H32N4O3. The number of methoxy groups -OCH3 is 1. The van der Waals surface area contributed by atoms with E-state index in [4.69, 9.17) is 9.15 Å². The standard InChI is InChI=1S/C23H32N4O3/c1-25-11-3-4-19(17-25)26-12-14-27(15-13-26)23(28)10-9-22-24-16-21(30-22)18-5-7-20(29-2)8-6-18/h5-8,16,19H,3-4,9-15,17H2,1-2H3. The van der Waals surface area contributed by atoms with Crippen molar-refractivity contribution in [3.05, 3.63) is 36.4 Å². The summed E-state index contributed by atoms with van der Waals surface area (Å²) in [6.45, 7) is 5.95. The molecule has 1 atom stereocenters. The average Bonchev–Trinajstić information content (AvgIpc) is 3.27. The van der Waals surface area contributed by atoms with Crippen LogP contribution in [0, 0.1) is 0 Å². The Morgan fingerprint density at radius 2 is 1.93 bits per heavy atom. The Labute approximate surface area is 178 Å². The zero-order chi connectivity index (χ0) is 20.9. The van der Waals surface area contributed by atoms with Gasteiger partial charge in [0.2, 0.25) is 5.91 Å². The number of amides is 1. The molecule has 2 aromatic rings. The van der Waals surface area contributed by atoms with Gasteiger partial charge in [-0.2, -0.15) is 0 Å². The van der Waals surface area contributed by atoms with Gasteiger partial charge in [-0.15, -0.1) is 0 Å². The number of piperazine rings is 1. The largest absolute Gasteiger partial charge is 0.497 e. The van der Waals surface area contributed by atoms with Crippen LogP contribution in [0.2, 0.25) is 0 Å². The molecule has 162 valence electrons. The van der Waals surface area contributed by atoms with Crippen molar-refractivity contribution in [2.45, 2.75) is 31.7 Å². The van der Waals surface area contributed by atoms with E-state index in [2.05, 4.69) is 21.8 Å². The van der Waals surface area contributed by atoms with E-state index in [-0.39, 0.29) is 5.91 Å². The number of piperidine rings is 1. The molecule has 3 heterocycles. The Kier molecular flexibility index (Phi) is 6.69. The van der Waals surface area contributed by atoms with Gasteiger partial charge in [-0.3, -0.25) is 9.69 Å². The van der Waals surface area contributed by atoms with Gasteiger partial charge in [0.15, 0.2) is 11.7 Å². The van der Waals surface area contributed by atoms with Crippen LogP contribution in [-0.4, -0.2) is 85.1 Å². The van der Waals surface area contributed by atoms with Crippen LogP contribution < -0.4 is 4.74 Å². The SMILES string of the molecule is COc1ccc(-c2cnc(CCC(=O)N3CCN(C4CCCN(C)C4)CC3)o2)cc1. The molecule has 1 unspecified atom stereocenters. The molecule has 0 saturated carbocycles. The number of carbonyl (C=O) groups is 1. The van der Waals surface area contributed by atoms with Crippen molar-refractivity contribution in [3.8, 4) is 17.1 Å². The normalized spacial score (nSPS) is 21.0. The summed E-state index contributed by atoms with van der Waals surface area (Å²) in [6, 6.07) is 8.32. The summed E-state index contributed by atoms with van der Waals surface area (Å²) in [5, 5.41) is 0. The Bertz CT molecular complexity index is 827. The second-order valence-electron chi connectivity index (χ2n) is 8.32. The number of benzene rings is 1. The first-order valence-electron chi connectivity index (χ1n) is 10.9. The van der Waals surface area contributed by atoms with Gasteiger partial charge in [-0.1, -0.05) is 0 Å². The zero-order valence-electron chi connectivity index (χ0n) is 18.0. The number of nitrogens with zero attached hydrogens (tertiary/aromatic N) is 4. The van der Waals surface area contributed by atoms with Crippen LogP contribution in [-0.2, 0) is 11.2 Å². The Hall–Kier alpha value is -2.38. The molecule has 4 rings (SSSR count). The summed E-state index contributed by atoms with van der Waals surface area (Å²) in [7, 11) is 3.85. The van der Waals surface area contributed by atoms with E-state index < -0.39 is 0 Å². The third kappa shape index (κ3) is 5.02. The van der Waals surface area contributed by atoms with E-state index in [1.807, 2.05) is 29.2 Å². The maximum absolute atomic E-state index is 12.7. The van der Waals surface area contributed by atoms with Crippen LogP contribution >= 0.6 is 0 Å². The lowest BCUT2D eigenvalue weighted by Gasteiger charge is -2.42. The molecule has 1 aromatic carbocycles. The summed E-state index contributed by atoms with van der Waals surface area (Å²) in [4.78, 5) is 24.0. The third-order valence-electron chi connectivity index (χ3n) is 6.26. The topological polar surface area (TPSA) is 62.1 Å². The maximum atomic E-state index is 12.7. The maximum Gasteiger partial charge on any atom is 0.223 e. The summed E-state index contributed by atoms with van der Waals surface area (Å²) in [5.41, 5.74) is 0.949. The molecule has 2 aliphatic rings. The smallest absolute Gasteiger partial charge is 0.223 e. The van der Waals surface area contributed by atoms with Crippen LogP contribution in [0.1, 0.15) is 25.2 Å². The lowest BCUT2D eigenvalue weighted by molar-refractivity contribution is -0.133. The van der Waals surface area contributed by atoms with Crippen LogP contribution in [0.5, 0.6) is 5.75 Å². The molecule has 0 bridgehead atoms. The highest BCUT2D eigenvalue weighted by atomic mass is 16.5. The first-order valence-corrected chi connectivity index (χ1v) is 10.9. The first kappa shape index (κ1) is 20.9. The van der Waals surface area contributed by atoms with Gasteiger partial charge in [-0.25, -0.2) is 4.98 Å². The number of rotatable bonds is 6. The second kappa shape index (κ2) is 9.62. The molecule has 7 heteroatoms. The predicted octanol–water partition coefficient (Wildman–Crippen LogP) is 2.52. The molecule has 0 N–H and O–H groups in total. The Balaban J connectivity index is 1.24. The monoisotopic (exact) mass is 412 g/mol. The number of carbonyl (C=O) groups excluding carboxylic acids is 1. The van der Waals surface area contributed by atoms with E-state index >= 15 is 0 Å². The molecule has 1 amide bonds. The highest BCUT2D eigenvalue weighted by Crippen LogP contribution is 2.24. The van der Waals surface area contributed by atoms with E-state index in [1.165, 1.54) is 19.4 Å².